The molecule has 0 spiro atoms. The smallest absolute Gasteiger partial charge is 0.308 e. The summed E-state index contributed by atoms with van der Waals surface area (Å²) in [5.41, 5.74) is 1.39. The van der Waals surface area contributed by atoms with Crippen LogP contribution in [0.3, 0.4) is 0 Å². The highest BCUT2D eigenvalue weighted by atomic mass is 35.5. The van der Waals surface area contributed by atoms with Crippen LogP contribution in [0, 0.1) is 12.8 Å². The quantitative estimate of drug-likeness (QED) is 0.873. The van der Waals surface area contributed by atoms with Crippen LogP contribution in [0.1, 0.15) is 41.6 Å². The van der Waals surface area contributed by atoms with Crippen molar-refractivity contribution in [1.29, 1.82) is 0 Å². The van der Waals surface area contributed by atoms with Gasteiger partial charge in [-0.15, -0.1) is 0 Å². The third-order valence-electron chi connectivity index (χ3n) is 4.03. The van der Waals surface area contributed by atoms with Crippen LogP contribution in [0.5, 0.6) is 0 Å². The number of methoxy groups -OCH3 is 1. The van der Waals surface area contributed by atoms with E-state index < -0.39 is 0 Å². The normalized spacial score (nSPS) is 21.7. The average molecular weight is 310 g/mol. The van der Waals surface area contributed by atoms with Gasteiger partial charge in [-0.05, 0) is 44.2 Å². The number of nitrogens with one attached hydrogen (secondary N) is 1. The molecule has 1 aliphatic carbocycles. The van der Waals surface area contributed by atoms with E-state index >= 15 is 0 Å². The molecule has 0 aliphatic heterocycles. The van der Waals surface area contributed by atoms with E-state index in [9.17, 15) is 9.59 Å². The summed E-state index contributed by atoms with van der Waals surface area (Å²) in [6.07, 6.45) is 3.07. The van der Waals surface area contributed by atoms with Gasteiger partial charge in [0.2, 0.25) is 0 Å². The van der Waals surface area contributed by atoms with Gasteiger partial charge in [0.05, 0.1) is 23.6 Å². The van der Waals surface area contributed by atoms with Crippen LogP contribution in [0.25, 0.3) is 0 Å². The van der Waals surface area contributed by atoms with Crippen LogP contribution in [0.2, 0.25) is 5.02 Å². The van der Waals surface area contributed by atoms with Crippen LogP contribution < -0.4 is 5.32 Å². The number of rotatable bonds is 3. The topological polar surface area (TPSA) is 55.4 Å². The Kier molecular flexibility index (Phi) is 5.23. The van der Waals surface area contributed by atoms with Crippen LogP contribution in [-0.2, 0) is 9.53 Å². The molecule has 0 saturated heterocycles. The zero-order valence-corrected chi connectivity index (χ0v) is 13.1. The minimum atomic E-state index is -0.151. The molecule has 0 heterocycles. The standard InChI is InChI=1S/C16H20ClNO3/c1-10-4-3-5-13(14(10)17)15(19)18-12-8-6-11(7-9-12)16(20)21-2/h3-5,11-12H,6-9H2,1-2H3,(H,18,19). The first-order chi connectivity index (χ1) is 10.0. The third kappa shape index (κ3) is 3.76. The highest BCUT2D eigenvalue weighted by Gasteiger charge is 2.28. The van der Waals surface area contributed by atoms with E-state index in [-0.39, 0.29) is 23.8 Å². The van der Waals surface area contributed by atoms with E-state index in [0.717, 1.165) is 31.2 Å². The lowest BCUT2D eigenvalue weighted by Gasteiger charge is -2.27. The Labute approximate surface area is 129 Å². The summed E-state index contributed by atoms with van der Waals surface area (Å²) >= 11 is 6.17. The minimum absolute atomic E-state index is 0.0364. The fourth-order valence-electron chi connectivity index (χ4n) is 2.73. The van der Waals surface area contributed by atoms with Gasteiger partial charge >= 0.3 is 5.97 Å². The van der Waals surface area contributed by atoms with Crippen molar-refractivity contribution in [3.63, 3.8) is 0 Å². The van der Waals surface area contributed by atoms with Gasteiger partial charge in [-0.3, -0.25) is 9.59 Å². The summed E-state index contributed by atoms with van der Waals surface area (Å²) in [6, 6.07) is 5.52. The zero-order valence-electron chi connectivity index (χ0n) is 12.3. The number of carbonyl (C=O) groups excluding carboxylic acids is 2. The summed E-state index contributed by atoms with van der Waals surface area (Å²) in [5, 5.41) is 3.50. The van der Waals surface area contributed by atoms with Crippen molar-refractivity contribution < 1.29 is 14.3 Å². The Morgan fingerprint density at radius 2 is 1.90 bits per heavy atom. The Bertz CT molecular complexity index is 536. The number of ether oxygens (including phenoxy) is 1. The number of benzene rings is 1. The molecule has 21 heavy (non-hydrogen) atoms. The van der Waals surface area contributed by atoms with Crippen molar-refractivity contribution in [2.45, 2.75) is 38.6 Å². The Hall–Kier alpha value is -1.55. The Balaban J connectivity index is 1.93. The molecule has 1 fully saturated rings. The van der Waals surface area contributed by atoms with Crippen LogP contribution in [0.15, 0.2) is 18.2 Å². The fourth-order valence-corrected chi connectivity index (χ4v) is 2.94. The lowest BCUT2D eigenvalue weighted by atomic mass is 9.86. The fraction of sp³-hybridized carbons (Fsp3) is 0.500. The lowest BCUT2D eigenvalue weighted by Crippen LogP contribution is -2.39. The molecular weight excluding hydrogens is 290 g/mol. The molecule has 1 amide bonds. The number of hydrogen-bond acceptors (Lipinski definition) is 3. The molecule has 2 rings (SSSR count). The maximum atomic E-state index is 12.3. The van der Waals surface area contributed by atoms with E-state index in [2.05, 4.69) is 5.32 Å². The highest BCUT2D eigenvalue weighted by molar-refractivity contribution is 6.34. The number of amides is 1. The average Bonchev–Trinajstić information content (AvgIpc) is 2.50. The van der Waals surface area contributed by atoms with E-state index in [4.69, 9.17) is 16.3 Å². The first-order valence-electron chi connectivity index (χ1n) is 7.16. The molecule has 0 atom stereocenters. The van der Waals surface area contributed by atoms with Crippen molar-refractivity contribution in [2.75, 3.05) is 7.11 Å². The van der Waals surface area contributed by atoms with Gasteiger partial charge in [-0.25, -0.2) is 0 Å². The summed E-state index contributed by atoms with van der Waals surface area (Å²) < 4.78 is 4.76. The van der Waals surface area contributed by atoms with Gasteiger partial charge in [0.1, 0.15) is 0 Å². The SMILES string of the molecule is COC(=O)C1CCC(NC(=O)c2cccc(C)c2Cl)CC1. The molecule has 0 unspecified atom stereocenters. The van der Waals surface area contributed by atoms with Crippen LogP contribution in [-0.4, -0.2) is 25.0 Å². The van der Waals surface area contributed by atoms with Crippen molar-refractivity contribution in [3.05, 3.63) is 34.3 Å². The molecule has 1 aromatic carbocycles. The number of hydrogen-bond donors (Lipinski definition) is 1. The molecule has 1 aromatic rings. The molecule has 0 aromatic heterocycles. The number of esters is 1. The van der Waals surface area contributed by atoms with E-state index in [1.807, 2.05) is 19.1 Å². The van der Waals surface area contributed by atoms with Gasteiger partial charge < -0.3 is 10.1 Å². The van der Waals surface area contributed by atoms with Gasteiger partial charge in [0.25, 0.3) is 5.91 Å². The van der Waals surface area contributed by atoms with E-state index in [0.29, 0.717) is 10.6 Å². The molecule has 0 radical (unpaired) electrons. The molecular formula is C16H20ClNO3. The molecule has 4 nitrogen and oxygen atoms in total. The zero-order chi connectivity index (χ0) is 15.4. The summed E-state index contributed by atoms with van der Waals surface area (Å²) in [6.45, 7) is 1.88. The molecule has 0 bridgehead atoms. The summed E-state index contributed by atoms with van der Waals surface area (Å²) in [5.74, 6) is -0.336. The maximum Gasteiger partial charge on any atom is 0.308 e. The summed E-state index contributed by atoms with van der Waals surface area (Å²) in [4.78, 5) is 23.7. The van der Waals surface area contributed by atoms with Gasteiger partial charge in [0, 0.05) is 6.04 Å². The van der Waals surface area contributed by atoms with Gasteiger partial charge in [0.15, 0.2) is 0 Å². The molecule has 1 N–H and O–H groups in total. The minimum Gasteiger partial charge on any atom is -0.469 e. The summed E-state index contributed by atoms with van der Waals surface area (Å²) in [7, 11) is 1.41. The highest BCUT2D eigenvalue weighted by Crippen LogP contribution is 2.26. The molecule has 114 valence electrons. The van der Waals surface area contributed by atoms with E-state index in [1.54, 1.807) is 6.07 Å². The van der Waals surface area contributed by atoms with Crippen molar-refractivity contribution in [3.8, 4) is 0 Å². The lowest BCUT2D eigenvalue weighted by molar-refractivity contribution is -0.146. The monoisotopic (exact) mass is 309 g/mol. The van der Waals surface area contributed by atoms with Crippen molar-refractivity contribution in [1.82, 2.24) is 5.32 Å². The van der Waals surface area contributed by atoms with Gasteiger partial charge in [-0.2, -0.15) is 0 Å². The number of aryl methyl sites for hydroxylation is 1. The second-order valence-corrected chi connectivity index (χ2v) is 5.86. The largest absolute Gasteiger partial charge is 0.469 e. The number of carbonyl (C=O) groups is 2. The second-order valence-electron chi connectivity index (χ2n) is 5.48. The first-order valence-corrected chi connectivity index (χ1v) is 7.54. The number of halogens is 1. The third-order valence-corrected chi connectivity index (χ3v) is 4.54. The second kappa shape index (κ2) is 6.94. The van der Waals surface area contributed by atoms with E-state index in [1.165, 1.54) is 7.11 Å². The van der Waals surface area contributed by atoms with Crippen molar-refractivity contribution >= 4 is 23.5 Å². The van der Waals surface area contributed by atoms with Gasteiger partial charge in [-0.1, -0.05) is 23.7 Å². The van der Waals surface area contributed by atoms with Crippen LogP contribution in [0.4, 0.5) is 0 Å². The Morgan fingerprint density at radius 1 is 1.24 bits per heavy atom. The predicted octanol–water partition coefficient (Wildman–Crippen LogP) is 3.11. The first kappa shape index (κ1) is 15.8. The predicted molar refractivity (Wildman–Crippen MR) is 81.4 cm³/mol. The molecule has 5 heteroatoms. The van der Waals surface area contributed by atoms with Crippen LogP contribution >= 0.6 is 11.6 Å². The Morgan fingerprint density at radius 3 is 2.52 bits per heavy atom. The maximum absolute atomic E-state index is 12.3. The van der Waals surface area contributed by atoms with Crippen molar-refractivity contribution in [2.24, 2.45) is 5.92 Å². The molecule has 1 aliphatic rings. The molecule has 1 saturated carbocycles.